The minimum absolute atomic E-state index is 0.126. The van der Waals surface area contributed by atoms with Crippen LogP contribution >= 0.6 is 0 Å². The average molecular weight is 173 g/mol. The highest BCUT2D eigenvalue weighted by molar-refractivity contribution is 5.94. The predicted molar refractivity (Wildman–Crippen MR) is 45.4 cm³/mol. The van der Waals surface area contributed by atoms with Crippen molar-refractivity contribution < 1.29 is 9.59 Å². The third-order valence-corrected chi connectivity index (χ3v) is 1.10. The number of carbonyl (C=O) groups is 2. The highest BCUT2D eigenvalue weighted by Crippen LogP contribution is 1.85. The Balaban J connectivity index is 3.38. The van der Waals surface area contributed by atoms with Crippen molar-refractivity contribution >= 4 is 11.9 Å². The van der Waals surface area contributed by atoms with Crippen molar-refractivity contribution in [2.75, 3.05) is 13.1 Å². The summed E-state index contributed by atoms with van der Waals surface area (Å²) in [5.74, 6) is 0.0783. The summed E-state index contributed by atoms with van der Waals surface area (Å²) in [5, 5.41) is 4.82. The van der Waals surface area contributed by atoms with Crippen LogP contribution in [0.4, 0.5) is 4.79 Å². The van der Waals surface area contributed by atoms with Crippen molar-refractivity contribution in [3.8, 4) is 0 Å². The van der Waals surface area contributed by atoms with Crippen LogP contribution in [-0.2, 0) is 4.79 Å². The zero-order chi connectivity index (χ0) is 9.56. The van der Waals surface area contributed by atoms with E-state index in [9.17, 15) is 9.59 Å². The molecule has 0 aliphatic carbocycles. The van der Waals surface area contributed by atoms with Gasteiger partial charge in [-0.2, -0.15) is 0 Å². The van der Waals surface area contributed by atoms with Gasteiger partial charge in [0.15, 0.2) is 0 Å². The summed E-state index contributed by atoms with van der Waals surface area (Å²) in [6, 6.07) is -0.814. The lowest BCUT2D eigenvalue weighted by molar-refractivity contribution is -0.119. The van der Waals surface area contributed by atoms with E-state index < -0.39 is 11.9 Å². The summed E-state index contributed by atoms with van der Waals surface area (Å²) >= 11 is 0. The summed E-state index contributed by atoms with van der Waals surface area (Å²) < 4.78 is 0. The molecule has 3 amide bonds. The number of nitrogens with two attached hydrogens (primary N) is 1. The Labute approximate surface area is 71.7 Å². The van der Waals surface area contributed by atoms with Crippen LogP contribution in [0.2, 0.25) is 0 Å². The fraction of sp³-hybridized carbons (Fsp3) is 0.714. The zero-order valence-electron chi connectivity index (χ0n) is 7.39. The molecule has 0 aromatic carbocycles. The van der Waals surface area contributed by atoms with E-state index in [2.05, 4.69) is 5.32 Å². The van der Waals surface area contributed by atoms with E-state index in [1.807, 2.05) is 19.2 Å². The Bertz CT molecular complexity index is 168. The van der Waals surface area contributed by atoms with Crippen LogP contribution in [0.3, 0.4) is 0 Å². The first kappa shape index (κ1) is 10.9. The van der Waals surface area contributed by atoms with Crippen LogP contribution in [-0.4, -0.2) is 25.0 Å². The molecule has 0 unspecified atom stereocenters. The molecular weight excluding hydrogens is 158 g/mol. The zero-order valence-corrected chi connectivity index (χ0v) is 7.39. The standard InChI is InChI=1S/C7H15N3O2/c1-5(2)3-9-4-6(11)10-7(8)12/h5,9H,3-4H2,1-2H3,(H3,8,10,11,12). The van der Waals surface area contributed by atoms with E-state index in [1.54, 1.807) is 0 Å². The van der Waals surface area contributed by atoms with Gasteiger partial charge in [-0.25, -0.2) is 4.79 Å². The Kier molecular flexibility index (Phi) is 5.03. The van der Waals surface area contributed by atoms with E-state index in [0.717, 1.165) is 6.54 Å². The molecule has 0 heterocycles. The predicted octanol–water partition coefficient (Wildman–Crippen LogP) is -0.573. The normalized spacial score (nSPS) is 9.92. The lowest BCUT2D eigenvalue weighted by atomic mass is 10.2. The van der Waals surface area contributed by atoms with Gasteiger partial charge >= 0.3 is 6.03 Å². The van der Waals surface area contributed by atoms with E-state index in [-0.39, 0.29) is 6.54 Å². The van der Waals surface area contributed by atoms with Gasteiger partial charge < -0.3 is 11.1 Å². The molecular formula is C7H15N3O2. The minimum atomic E-state index is -0.814. The van der Waals surface area contributed by atoms with Gasteiger partial charge in [0.25, 0.3) is 0 Å². The van der Waals surface area contributed by atoms with Crippen molar-refractivity contribution in [2.24, 2.45) is 11.7 Å². The van der Waals surface area contributed by atoms with Crippen molar-refractivity contribution in [3.05, 3.63) is 0 Å². The largest absolute Gasteiger partial charge is 0.351 e. The third kappa shape index (κ3) is 7.01. The summed E-state index contributed by atoms with van der Waals surface area (Å²) in [6.07, 6.45) is 0. The van der Waals surface area contributed by atoms with Gasteiger partial charge in [-0.15, -0.1) is 0 Å². The van der Waals surface area contributed by atoms with Gasteiger partial charge in [0.1, 0.15) is 0 Å². The molecule has 0 saturated carbocycles. The quantitative estimate of drug-likeness (QED) is 0.532. The highest BCUT2D eigenvalue weighted by atomic mass is 16.2. The topological polar surface area (TPSA) is 84.2 Å². The molecule has 0 saturated heterocycles. The molecule has 0 rings (SSSR count). The van der Waals surface area contributed by atoms with Gasteiger partial charge in [0.2, 0.25) is 5.91 Å². The van der Waals surface area contributed by atoms with E-state index in [4.69, 9.17) is 5.73 Å². The van der Waals surface area contributed by atoms with Crippen LogP contribution in [0.5, 0.6) is 0 Å². The maximum Gasteiger partial charge on any atom is 0.318 e. The Morgan fingerprint density at radius 3 is 2.42 bits per heavy atom. The van der Waals surface area contributed by atoms with E-state index in [0.29, 0.717) is 5.92 Å². The van der Waals surface area contributed by atoms with Crippen LogP contribution in [0.15, 0.2) is 0 Å². The van der Waals surface area contributed by atoms with E-state index >= 15 is 0 Å². The lowest BCUT2D eigenvalue weighted by Gasteiger charge is -2.05. The first-order valence-corrected chi connectivity index (χ1v) is 3.82. The number of rotatable bonds is 4. The molecule has 0 fully saturated rings. The second-order valence-electron chi connectivity index (χ2n) is 2.94. The highest BCUT2D eigenvalue weighted by Gasteiger charge is 2.02. The molecule has 5 nitrogen and oxygen atoms in total. The average Bonchev–Trinajstić information content (AvgIpc) is 1.84. The monoisotopic (exact) mass is 173 g/mol. The van der Waals surface area contributed by atoms with Crippen molar-refractivity contribution in [3.63, 3.8) is 0 Å². The molecule has 5 heteroatoms. The summed E-state index contributed by atoms with van der Waals surface area (Å²) in [5.41, 5.74) is 4.73. The molecule has 0 spiro atoms. The molecule has 0 aromatic heterocycles. The van der Waals surface area contributed by atoms with Gasteiger partial charge in [-0.05, 0) is 12.5 Å². The first-order valence-electron chi connectivity index (χ1n) is 3.82. The molecule has 0 atom stereocenters. The van der Waals surface area contributed by atoms with Crippen molar-refractivity contribution in [1.82, 2.24) is 10.6 Å². The smallest absolute Gasteiger partial charge is 0.318 e. The Morgan fingerprint density at radius 2 is 2.00 bits per heavy atom. The number of carbonyl (C=O) groups excluding carboxylic acids is 2. The molecule has 0 aromatic rings. The number of primary amides is 1. The van der Waals surface area contributed by atoms with Crippen LogP contribution in [0, 0.1) is 5.92 Å². The van der Waals surface area contributed by atoms with Gasteiger partial charge in [-0.3, -0.25) is 10.1 Å². The lowest BCUT2D eigenvalue weighted by Crippen LogP contribution is -2.41. The summed E-state index contributed by atoms with van der Waals surface area (Å²) in [7, 11) is 0. The van der Waals surface area contributed by atoms with Gasteiger partial charge in [0, 0.05) is 0 Å². The molecule has 0 aliphatic heterocycles. The number of amides is 3. The second kappa shape index (κ2) is 5.54. The summed E-state index contributed by atoms with van der Waals surface area (Å²) in [6.45, 7) is 4.92. The van der Waals surface area contributed by atoms with Crippen LogP contribution < -0.4 is 16.4 Å². The van der Waals surface area contributed by atoms with Gasteiger partial charge in [0.05, 0.1) is 6.54 Å². The number of imide groups is 1. The Morgan fingerprint density at radius 1 is 1.42 bits per heavy atom. The molecule has 0 radical (unpaired) electrons. The second-order valence-corrected chi connectivity index (χ2v) is 2.94. The van der Waals surface area contributed by atoms with Crippen LogP contribution in [0.25, 0.3) is 0 Å². The fourth-order valence-electron chi connectivity index (χ4n) is 0.656. The molecule has 12 heavy (non-hydrogen) atoms. The van der Waals surface area contributed by atoms with Crippen molar-refractivity contribution in [2.45, 2.75) is 13.8 Å². The molecule has 4 N–H and O–H groups in total. The maximum atomic E-state index is 10.8. The maximum absolute atomic E-state index is 10.8. The number of nitrogens with one attached hydrogen (secondary N) is 2. The number of hydrogen-bond acceptors (Lipinski definition) is 3. The third-order valence-electron chi connectivity index (χ3n) is 1.10. The van der Waals surface area contributed by atoms with Gasteiger partial charge in [-0.1, -0.05) is 13.8 Å². The van der Waals surface area contributed by atoms with Crippen molar-refractivity contribution in [1.29, 1.82) is 0 Å². The number of hydrogen-bond donors (Lipinski definition) is 3. The SMILES string of the molecule is CC(C)CNCC(=O)NC(N)=O. The molecule has 0 aliphatic rings. The summed E-state index contributed by atoms with van der Waals surface area (Å²) in [4.78, 5) is 20.9. The Hall–Kier alpha value is -1.10. The first-order chi connectivity index (χ1) is 5.52. The van der Waals surface area contributed by atoms with E-state index in [1.165, 1.54) is 0 Å². The minimum Gasteiger partial charge on any atom is -0.351 e. The molecule has 70 valence electrons. The van der Waals surface area contributed by atoms with Crippen LogP contribution in [0.1, 0.15) is 13.8 Å². The fourth-order valence-corrected chi connectivity index (χ4v) is 0.656. The number of urea groups is 1. The molecule has 0 bridgehead atoms.